The maximum atomic E-state index is 5.13. The van der Waals surface area contributed by atoms with E-state index in [2.05, 4.69) is 4.98 Å². The van der Waals surface area contributed by atoms with Crippen LogP contribution in [0.25, 0.3) is 10.9 Å². The molecule has 1 heterocycles. The molecule has 0 bridgehead atoms. The minimum Gasteiger partial charge on any atom is -0.297 e. The summed E-state index contributed by atoms with van der Waals surface area (Å²) in [4.78, 5) is 9.02. The number of hydrogen-bond donors (Lipinski definition) is 1. The number of pyridine rings is 1. The number of nitrogens with two attached hydrogens (primary N) is 1. The van der Waals surface area contributed by atoms with Crippen molar-refractivity contribution in [2.75, 3.05) is 0 Å². The lowest BCUT2D eigenvalue weighted by molar-refractivity contribution is 0.0665. The normalized spacial score (nSPS) is 13.0. The molecule has 0 radical (unpaired) electrons. The van der Waals surface area contributed by atoms with Crippen LogP contribution in [-0.4, -0.2) is 4.98 Å². The second kappa shape index (κ2) is 3.74. The summed E-state index contributed by atoms with van der Waals surface area (Å²) < 4.78 is 0. The third-order valence-electron chi connectivity index (χ3n) is 2.30. The molecule has 0 saturated heterocycles. The first-order chi connectivity index (χ1) is 6.81. The lowest BCUT2D eigenvalue weighted by atomic mass is 10.1. The van der Waals surface area contributed by atoms with E-state index in [1.807, 2.05) is 37.3 Å². The average molecular weight is 188 g/mol. The van der Waals surface area contributed by atoms with E-state index in [1.165, 1.54) is 0 Å². The number of rotatable bonds is 2. The van der Waals surface area contributed by atoms with Gasteiger partial charge >= 0.3 is 0 Å². The fourth-order valence-corrected chi connectivity index (χ4v) is 1.41. The van der Waals surface area contributed by atoms with Gasteiger partial charge in [0.1, 0.15) is 6.10 Å². The van der Waals surface area contributed by atoms with Gasteiger partial charge in [-0.25, -0.2) is 5.90 Å². The van der Waals surface area contributed by atoms with Gasteiger partial charge in [0, 0.05) is 11.6 Å². The van der Waals surface area contributed by atoms with Gasteiger partial charge in [-0.3, -0.25) is 9.82 Å². The van der Waals surface area contributed by atoms with Crippen molar-refractivity contribution >= 4 is 10.9 Å². The maximum Gasteiger partial charge on any atom is 0.101 e. The van der Waals surface area contributed by atoms with Crippen molar-refractivity contribution in [2.45, 2.75) is 13.0 Å². The number of nitrogens with zero attached hydrogens (tertiary/aromatic N) is 1. The third kappa shape index (κ3) is 1.60. The Bertz CT molecular complexity index is 442. The molecule has 0 saturated carbocycles. The smallest absolute Gasteiger partial charge is 0.101 e. The molecule has 2 N–H and O–H groups in total. The van der Waals surface area contributed by atoms with E-state index in [-0.39, 0.29) is 6.10 Å². The Kier molecular flexibility index (Phi) is 2.43. The minimum atomic E-state index is -0.0959. The highest BCUT2D eigenvalue weighted by atomic mass is 16.6. The Labute approximate surface area is 82.5 Å². The summed E-state index contributed by atoms with van der Waals surface area (Å²) in [6, 6.07) is 9.96. The van der Waals surface area contributed by atoms with Gasteiger partial charge in [0.15, 0.2) is 0 Å². The van der Waals surface area contributed by atoms with Crippen LogP contribution < -0.4 is 5.90 Å². The highest BCUT2D eigenvalue weighted by Crippen LogP contribution is 2.19. The van der Waals surface area contributed by atoms with E-state index in [9.17, 15) is 0 Å². The molecule has 1 aromatic carbocycles. The van der Waals surface area contributed by atoms with Gasteiger partial charge in [-0.2, -0.15) is 0 Å². The SMILES string of the molecule is CC(ON)c1ccc2cccnc2c1. The predicted octanol–water partition coefficient (Wildman–Crippen LogP) is 2.19. The van der Waals surface area contributed by atoms with Crippen LogP contribution in [0.5, 0.6) is 0 Å². The van der Waals surface area contributed by atoms with Crippen LogP contribution in [0.3, 0.4) is 0 Å². The highest BCUT2D eigenvalue weighted by Gasteiger charge is 2.04. The molecule has 0 spiro atoms. The molecule has 0 amide bonds. The Balaban J connectivity index is 2.51. The van der Waals surface area contributed by atoms with Gasteiger partial charge < -0.3 is 0 Å². The Morgan fingerprint density at radius 2 is 2.21 bits per heavy atom. The zero-order valence-electron chi connectivity index (χ0n) is 7.97. The average Bonchev–Trinajstić information content (AvgIpc) is 2.27. The van der Waals surface area contributed by atoms with Crippen LogP contribution in [0, 0.1) is 0 Å². The van der Waals surface area contributed by atoms with E-state index < -0.39 is 0 Å². The van der Waals surface area contributed by atoms with E-state index >= 15 is 0 Å². The van der Waals surface area contributed by atoms with Crippen molar-refractivity contribution in [2.24, 2.45) is 5.90 Å². The molecule has 1 aromatic heterocycles. The lowest BCUT2D eigenvalue weighted by Gasteiger charge is -2.09. The van der Waals surface area contributed by atoms with Crippen molar-refractivity contribution in [3.63, 3.8) is 0 Å². The fraction of sp³-hybridized carbons (Fsp3) is 0.182. The first kappa shape index (κ1) is 9.12. The molecule has 2 aromatic rings. The second-order valence-corrected chi connectivity index (χ2v) is 3.23. The van der Waals surface area contributed by atoms with Crippen molar-refractivity contribution in [1.29, 1.82) is 0 Å². The van der Waals surface area contributed by atoms with E-state index in [0.717, 1.165) is 16.5 Å². The van der Waals surface area contributed by atoms with Crippen molar-refractivity contribution in [1.82, 2.24) is 4.98 Å². The van der Waals surface area contributed by atoms with E-state index in [1.54, 1.807) is 6.20 Å². The zero-order chi connectivity index (χ0) is 9.97. The van der Waals surface area contributed by atoms with Gasteiger partial charge in [0.25, 0.3) is 0 Å². The molecule has 14 heavy (non-hydrogen) atoms. The Morgan fingerprint density at radius 1 is 1.36 bits per heavy atom. The van der Waals surface area contributed by atoms with Crippen molar-refractivity contribution in [3.05, 3.63) is 42.1 Å². The fourth-order valence-electron chi connectivity index (χ4n) is 1.41. The van der Waals surface area contributed by atoms with Crippen LogP contribution in [0.15, 0.2) is 36.5 Å². The summed E-state index contributed by atoms with van der Waals surface area (Å²) in [5.74, 6) is 5.13. The molecular formula is C11H12N2O. The number of aromatic nitrogens is 1. The summed E-state index contributed by atoms with van der Waals surface area (Å²) in [5.41, 5.74) is 2.01. The van der Waals surface area contributed by atoms with Gasteiger partial charge in [-0.1, -0.05) is 18.2 Å². The largest absolute Gasteiger partial charge is 0.297 e. The molecule has 1 unspecified atom stereocenters. The van der Waals surface area contributed by atoms with Crippen LogP contribution in [0.1, 0.15) is 18.6 Å². The number of fused-ring (bicyclic) bond motifs is 1. The zero-order valence-corrected chi connectivity index (χ0v) is 7.97. The van der Waals surface area contributed by atoms with Gasteiger partial charge in [0.05, 0.1) is 5.52 Å². The predicted molar refractivity (Wildman–Crippen MR) is 55.4 cm³/mol. The summed E-state index contributed by atoms with van der Waals surface area (Å²) in [5, 5.41) is 1.13. The van der Waals surface area contributed by atoms with Gasteiger partial charge in [-0.15, -0.1) is 0 Å². The molecule has 72 valence electrons. The summed E-state index contributed by atoms with van der Waals surface area (Å²) >= 11 is 0. The molecular weight excluding hydrogens is 176 g/mol. The number of benzene rings is 1. The summed E-state index contributed by atoms with van der Waals surface area (Å²) in [7, 11) is 0. The summed E-state index contributed by atoms with van der Waals surface area (Å²) in [6.45, 7) is 1.91. The van der Waals surface area contributed by atoms with Crippen LogP contribution in [0.2, 0.25) is 0 Å². The topological polar surface area (TPSA) is 48.1 Å². The van der Waals surface area contributed by atoms with Crippen LogP contribution >= 0.6 is 0 Å². The van der Waals surface area contributed by atoms with Crippen molar-refractivity contribution < 1.29 is 4.84 Å². The lowest BCUT2D eigenvalue weighted by Crippen LogP contribution is -2.05. The van der Waals surface area contributed by atoms with E-state index in [4.69, 9.17) is 10.7 Å². The molecule has 1 atom stereocenters. The molecule has 0 aliphatic carbocycles. The monoisotopic (exact) mass is 188 g/mol. The highest BCUT2D eigenvalue weighted by molar-refractivity contribution is 5.78. The molecule has 2 rings (SSSR count). The molecule has 3 nitrogen and oxygen atoms in total. The van der Waals surface area contributed by atoms with Crippen molar-refractivity contribution in [3.8, 4) is 0 Å². The van der Waals surface area contributed by atoms with Crippen LogP contribution in [0.4, 0.5) is 0 Å². The Hall–Kier alpha value is -1.45. The number of hydrogen-bond acceptors (Lipinski definition) is 3. The third-order valence-corrected chi connectivity index (χ3v) is 2.30. The minimum absolute atomic E-state index is 0.0959. The first-order valence-electron chi connectivity index (χ1n) is 4.51. The summed E-state index contributed by atoms with van der Waals surface area (Å²) in [6.07, 6.45) is 1.68. The maximum absolute atomic E-state index is 5.13. The molecule has 0 aliphatic rings. The van der Waals surface area contributed by atoms with Crippen LogP contribution in [-0.2, 0) is 4.84 Å². The van der Waals surface area contributed by atoms with E-state index in [0.29, 0.717) is 0 Å². The first-order valence-corrected chi connectivity index (χ1v) is 4.51. The van der Waals surface area contributed by atoms with Gasteiger partial charge in [-0.05, 0) is 24.6 Å². The Morgan fingerprint density at radius 3 is 3.00 bits per heavy atom. The molecule has 0 aliphatic heterocycles. The van der Waals surface area contributed by atoms with Gasteiger partial charge in [0.2, 0.25) is 0 Å². The molecule has 3 heteroatoms. The molecule has 0 fully saturated rings. The standard InChI is InChI=1S/C11H12N2O/c1-8(14-12)10-5-4-9-3-2-6-13-11(9)7-10/h2-8H,12H2,1H3. The second-order valence-electron chi connectivity index (χ2n) is 3.23. The quantitative estimate of drug-likeness (QED) is 0.735.